The maximum absolute atomic E-state index is 6.53. The van der Waals surface area contributed by atoms with Gasteiger partial charge < -0.3 is 14.6 Å². The van der Waals surface area contributed by atoms with Crippen molar-refractivity contribution in [3.05, 3.63) is 171 Å². The predicted octanol–water partition coefficient (Wildman–Crippen LogP) is 12.3. The van der Waals surface area contributed by atoms with E-state index in [0.717, 1.165) is 25.2 Å². The van der Waals surface area contributed by atoms with Crippen molar-refractivity contribution in [2.24, 2.45) is 0 Å². The van der Waals surface area contributed by atoms with Crippen LogP contribution in [0, 0.1) is 6.92 Å². The van der Waals surface area contributed by atoms with Crippen molar-refractivity contribution in [2.75, 3.05) is 10.2 Å². The van der Waals surface area contributed by atoms with Crippen molar-refractivity contribution >= 4 is 47.0 Å². The summed E-state index contributed by atoms with van der Waals surface area (Å²) in [5.41, 5.74) is 22.3. The van der Waals surface area contributed by atoms with Gasteiger partial charge in [0.1, 0.15) is 5.58 Å². The van der Waals surface area contributed by atoms with Gasteiger partial charge in [-0.2, -0.15) is 0 Å². The monoisotopic (exact) mass is 740 g/mol. The molecule has 4 aliphatic carbocycles. The molecule has 12 rings (SSSR count). The van der Waals surface area contributed by atoms with E-state index in [1.165, 1.54) is 102 Å². The fraction of sp³-hybridized carbons (Fsp3) is 0.283. The van der Waals surface area contributed by atoms with Crippen LogP contribution >= 0.6 is 0 Å². The summed E-state index contributed by atoms with van der Waals surface area (Å²) >= 11 is 0. The molecule has 3 heterocycles. The average Bonchev–Trinajstić information content (AvgIpc) is 3.88. The maximum atomic E-state index is 6.53. The van der Waals surface area contributed by atoms with E-state index in [-0.39, 0.29) is 34.0 Å². The van der Waals surface area contributed by atoms with Crippen LogP contribution in [0.4, 0.5) is 17.3 Å². The third kappa shape index (κ3) is 4.50. The molecule has 4 heteroatoms. The van der Waals surface area contributed by atoms with Gasteiger partial charge in [-0.3, -0.25) is 0 Å². The number of benzene rings is 5. The number of hydrogen-bond acceptors (Lipinski definition) is 3. The molecular formula is C53H49BN2O. The number of nitrogens with one attached hydrogen (secondary N) is 1. The van der Waals surface area contributed by atoms with Gasteiger partial charge in [0.15, 0.2) is 13.2 Å². The molecule has 0 radical (unpaired) electrons. The molecule has 2 aliphatic heterocycles. The van der Waals surface area contributed by atoms with Gasteiger partial charge in [-0.15, -0.1) is 0 Å². The van der Waals surface area contributed by atoms with Crippen LogP contribution in [0.15, 0.2) is 131 Å². The summed E-state index contributed by atoms with van der Waals surface area (Å²) in [5.74, 6) is 1.27. The van der Waals surface area contributed by atoms with Crippen LogP contribution in [0.5, 0.6) is 0 Å². The van der Waals surface area contributed by atoms with Gasteiger partial charge in [-0.05, 0) is 110 Å². The SMILES string of the molecule is Cc1cc2c(cc1N1C3=Cc4ccccc4C(C4=CC=CC5c6c(oc7ccccc67)NC45)C3(C)Bc3ccc4c(c31)Cc1ccccc1-4)C(C)(C)CCC2(C)C. The number of nitrogens with zero attached hydrogens (tertiary/aromatic N) is 1. The highest BCUT2D eigenvalue weighted by atomic mass is 16.4. The summed E-state index contributed by atoms with van der Waals surface area (Å²) in [6.45, 7) is 14.8. The van der Waals surface area contributed by atoms with E-state index in [9.17, 15) is 0 Å². The van der Waals surface area contributed by atoms with E-state index < -0.39 is 0 Å². The van der Waals surface area contributed by atoms with Crippen molar-refractivity contribution in [1.82, 2.24) is 0 Å². The molecule has 1 aromatic heterocycles. The Morgan fingerprint density at radius 2 is 1.56 bits per heavy atom. The molecule has 0 amide bonds. The number of furan rings is 1. The minimum absolute atomic E-state index is 0.0939. The molecule has 3 nitrogen and oxygen atoms in total. The second kappa shape index (κ2) is 11.3. The highest BCUT2D eigenvalue weighted by Crippen LogP contribution is 2.64. The third-order valence-electron chi connectivity index (χ3n) is 15.2. The Balaban J connectivity index is 1.10. The highest BCUT2D eigenvalue weighted by Gasteiger charge is 2.54. The lowest BCUT2D eigenvalue weighted by Crippen LogP contribution is -2.49. The molecule has 4 atom stereocenters. The largest absolute Gasteiger partial charge is 0.440 e. The Bertz CT molecular complexity index is 2850. The number of anilines is 3. The molecule has 4 unspecified atom stereocenters. The van der Waals surface area contributed by atoms with Gasteiger partial charge in [0.05, 0.1) is 6.04 Å². The molecule has 57 heavy (non-hydrogen) atoms. The van der Waals surface area contributed by atoms with Crippen LogP contribution in [-0.4, -0.2) is 13.3 Å². The van der Waals surface area contributed by atoms with E-state index in [0.29, 0.717) is 0 Å². The van der Waals surface area contributed by atoms with Gasteiger partial charge in [0, 0.05) is 46.3 Å². The molecule has 5 aromatic carbocycles. The molecule has 0 spiro atoms. The van der Waals surface area contributed by atoms with Crippen molar-refractivity contribution in [1.29, 1.82) is 0 Å². The lowest BCUT2D eigenvalue weighted by molar-refractivity contribution is 0.332. The second-order valence-electron chi connectivity index (χ2n) is 19.4. The van der Waals surface area contributed by atoms with Crippen LogP contribution < -0.4 is 15.7 Å². The smallest absolute Gasteiger partial charge is 0.198 e. The molecule has 0 fully saturated rings. The van der Waals surface area contributed by atoms with Gasteiger partial charge in [0.2, 0.25) is 0 Å². The first-order chi connectivity index (χ1) is 27.5. The number of para-hydroxylation sites is 1. The lowest BCUT2D eigenvalue weighted by atomic mass is 9.38. The summed E-state index contributed by atoms with van der Waals surface area (Å²) in [7, 11) is 0.959. The predicted molar refractivity (Wildman–Crippen MR) is 239 cm³/mol. The normalized spacial score (nSPS) is 25.0. The molecule has 0 saturated carbocycles. The Labute approximate surface area is 337 Å². The average molecular weight is 741 g/mol. The topological polar surface area (TPSA) is 28.4 Å². The summed E-state index contributed by atoms with van der Waals surface area (Å²) in [6, 6.07) is 37.1. The fourth-order valence-electron chi connectivity index (χ4n) is 12.2. The van der Waals surface area contributed by atoms with Crippen LogP contribution in [-0.2, 0) is 17.3 Å². The standard InChI is InChI=1S/C53H49BN2O/c1-30-26-40-41(52(4,5)25-24-51(40,2)3)29-43(30)56-45-28-32-15-8-10-17-34(32)47(38-20-13-19-37-46-36-18-11-12-21-44(36)57-50(46)55-48(37)38)53(45,6)54-42-23-22-35-33-16-9-7-14-31(33)27-39(35)49(42)56/h7-23,26,28-29,37,47-48,54-55H,24-25,27H2,1-6H3. The van der Waals surface area contributed by atoms with Crippen LogP contribution in [0.25, 0.3) is 28.2 Å². The van der Waals surface area contributed by atoms with Gasteiger partial charge in [0.25, 0.3) is 0 Å². The number of fused-ring (bicyclic) bond motifs is 13. The Morgan fingerprint density at radius 3 is 2.42 bits per heavy atom. The highest BCUT2D eigenvalue weighted by molar-refractivity contribution is 6.62. The van der Waals surface area contributed by atoms with Crippen molar-refractivity contribution in [2.45, 2.75) is 94.8 Å². The first kappa shape index (κ1) is 33.6. The quantitative estimate of drug-likeness (QED) is 0.179. The van der Waals surface area contributed by atoms with Crippen LogP contribution in [0.3, 0.4) is 0 Å². The summed E-state index contributed by atoms with van der Waals surface area (Å²) in [5, 5.41) is 4.94. The van der Waals surface area contributed by atoms with E-state index in [1.807, 2.05) is 0 Å². The minimum Gasteiger partial charge on any atom is -0.440 e. The van der Waals surface area contributed by atoms with Crippen LogP contribution in [0.1, 0.15) is 104 Å². The van der Waals surface area contributed by atoms with Crippen molar-refractivity contribution < 1.29 is 4.42 Å². The Morgan fingerprint density at radius 1 is 0.807 bits per heavy atom. The molecular weight excluding hydrogens is 691 g/mol. The van der Waals surface area contributed by atoms with Gasteiger partial charge in [-0.25, -0.2) is 0 Å². The summed E-state index contributed by atoms with van der Waals surface area (Å²) in [6.07, 6.45) is 13.1. The molecule has 6 aliphatic rings. The summed E-state index contributed by atoms with van der Waals surface area (Å²) in [4.78, 5) is 2.77. The van der Waals surface area contributed by atoms with E-state index in [1.54, 1.807) is 0 Å². The van der Waals surface area contributed by atoms with Crippen LogP contribution in [0.2, 0.25) is 5.31 Å². The first-order valence-corrected chi connectivity index (χ1v) is 21.2. The van der Waals surface area contributed by atoms with Gasteiger partial charge in [-0.1, -0.05) is 143 Å². The lowest BCUT2D eigenvalue weighted by Gasteiger charge is -2.54. The number of hydrogen-bond donors (Lipinski definition) is 1. The molecule has 280 valence electrons. The fourth-order valence-corrected chi connectivity index (χ4v) is 12.2. The molecule has 1 N–H and O–H groups in total. The number of aryl methyl sites for hydroxylation is 1. The number of allylic oxidation sites excluding steroid dienone is 3. The zero-order chi connectivity index (χ0) is 38.6. The second-order valence-corrected chi connectivity index (χ2v) is 19.4. The van der Waals surface area contributed by atoms with Crippen molar-refractivity contribution in [3.63, 3.8) is 0 Å². The molecule has 0 bridgehead atoms. The Hall–Kier alpha value is -5.48. The van der Waals surface area contributed by atoms with Crippen molar-refractivity contribution in [3.8, 4) is 11.1 Å². The summed E-state index contributed by atoms with van der Waals surface area (Å²) < 4.78 is 6.53. The zero-order valence-electron chi connectivity index (χ0n) is 34.0. The number of rotatable bonds is 2. The third-order valence-corrected chi connectivity index (χ3v) is 15.2. The zero-order valence-corrected chi connectivity index (χ0v) is 34.0. The minimum atomic E-state index is -0.243. The first-order valence-electron chi connectivity index (χ1n) is 21.2. The van der Waals surface area contributed by atoms with E-state index in [4.69, 9.17) is 4.42 Å². The molecule has 0 saturated heterocycles. The maximum Gasteiger partial charge on any atom is 0.198 e. The molecule has 6 aromatic rings. The van der Waals surface area contributed by atoms with Gasteiger partial charge >= 0.3 is 0 Å². The Kier molecular flexibility index (Phi) is 6.70. The van der Waals surface area contributed by atoms with E-state index in [2.05, 4.69) is 173 Å². The van der Waals surface area contributed by atoms with E-state index >= 15 is 0 Å².